The van der Waals surface area contributed by atoms with Gasteiger partial charge in [0.15, 0.2) is 5.82 Å². The summed E-state index contributed by atoms with van der Waals surface area (Å²) in [6, 6.07) is 0.144. The largest absolute Gasteiger partial charge is 0.389 e. The minimum Gasteiger partial charge on any atom is -0.339 e. The lowest BCUT2D eigenvalue weighted by molar-refractivity contribution is -0.134. The molecular formula is C12H20F3N3O. The van der Waals surface area contributed by atoms with Crippen molar-refractivity contribution in [3.63, 3.8) is 0 Å². The number of halogens is 3. The Labute approximate surface area is 110 Å². The van der Waals surface area contributed by atoms with E-state index in [1.165, 1.54) is 0 Å². The van der Waals surface area contributed by atoms with Crippen molar-refractivity contribution in [3.05, 3.63) is 11.7 Å². The first-order chi connectivity index (χ1) is 8.87. The maximum absolute atomic E-state index is 12.1. The molecule has 1 heterocycles. The van der Waals surface area contributed by atoms with Crippen molar-refractivity contribution in [2.24, 2.45) is 0 Å². The molecule has 0 spiro atoms. The molecule has 1 rings (SSSR count). The fourth-order valence-electron chi connectivity index (χ4n) is 1.98. The van der Waals surface area contributed by atoms with Crippen LogP contribution in [-0.2, 0) is 6.42 Å². The second kappa shape index (κ2) is 6.88. The summed E-state index contributed by atoms with van der Waals surface area (Å²) in [7, 11) is 0. The molecule has 0 aliphatic carbocycles. The molecule has 0 radical (unpaired) electrons. The molecule has 0 saturated heterocycles. The summed E-state index contributed by atoms with van der Waals surface area (Å²) < 4.78 is 41.4. The number of alkyl halides is 3. The van der Waals surface area contributed by atoms with Crippen molar-refractivity contribution in [1.29, 1.82) is 0 Å². The second-order valence-electron chi connectivity index (χ2n) is 4.53. The van der Waals surface area contributed by atoms with E-state index in [1.807, 2.05) is 20.8 Å². The van der Waals surface area contributed by atoms with E-state index in [0.717, 1.165) is 13.0 Å². The van der Waals surface area contributed by atoms with Gasteiger partial charge in [-0.3, -0.25) is 0 Å². The van der Waals surface area contributed by atoms with E-state index >= 15 is 0 Å². The number of hydrogen-bond acceptors (Lipinski definition) is 4. The number of likely N-dealkylation sites (N-methyl/N-ethyl adjacent to an activating group) is 1. The molecule has 2 atom stereocenters. The van der Waals surface area contributed by atoms with E-state index in [-0.39, 0.29) is 24.2 Å². The van der Waals surface area contributed by atoms with Crippen LogP contribution in [0.2, 0.25) is 0 Å². The Bertz CT molecular complexity index is 379. The lowest BCUT2D eigenvalue weighted by atomic mass is 9.98. The molecule has 1 N–H and O–H groups in total. The van der Waals surface area contributed by atoms with Gasteiger partial charge in [0, 0.05) is 12.5 Å². The van der Waals surface area contributed by atoms with Crippen molar-refractivity contribution < 1.29 is 17.7 Å². The minimum absolute atomic E-state index is 0.0205. The molecule has 0 fully saturated rings. The maximum Gasteiger partial charge on any atom is 0.389 e. The molecule has 1 aromatic rings. The fraction of sp³-hybridized carbons (Fsp3) is 0.833. The fourth-order valence-corrected chi connectivity index (χ4v) is 1.98. The van der Waals surface area contributed by atoms with Crippen LogP contribution in [-0.4, -0.2) is 28.9 Å². The van der Waals surface area contributed by atoms with E-state index in [4.69, 9.17) is 4.52 Å². The minimum atomic E-state index is -4.19. The number of aryl methyl sites for hydroxylation is 1. The number of aromatic nitrogens is 2. The Balaban J connectivity index is 2.66. The quantitative estimate of drug-likeness (QED) is 0.833. The van der Waals surface area contributed by atoms with Gasteiger partial charge in [-0.15, -0.1) is 0 Å². The number of nitrogens with one attached hydrogen (secondary N) is 1. The highest BCUT2D eigenvalue weighted by Gasteiger charge is 2.28. The van der Waals surface area contributed by atoms with Crippen LogP contribution in [0.3, 0.4) is 0 Å². The average Bonchev–Trinajstić information content (AvgIpc) is 2.75. The van der Waals surface area contributed by atoms with Gasteiger partial charge in [0.25, 0.3) is 0 Å². The molecule has 0 saturated carbocycles. The topological polar surface area (TPSA) is 51.0 Å². The molecule has 4 nitrogen and oxygen atoms in total. The zero-order valence-corrected chi connectivity index (χ0v) is 11.4. The summed E-state index contributed by atoms with van der Waals surface area (Å²) in [6.45, 7) is 6.79. The van der Waals surface area contributed by atoms with E-state index in [0.29, 0.717) is 5.89 Å². The van der Waals surface area contributed by atoms with Gasteiger partial charge in [-0.2, -0.15) is 18.2 Å². The highest BCUT2D eigenvalue weighted by Crippen LogP contribution is 2.24. The lowest BCUT2D eigenvalue weighted by Gasteiger charge is -2.19. The van der Waals surface area contributed by atoms with Gasteiger partial charge in [0.1, 0.15) is 0 Å². The maximum atomic E-state index is 12.1. The predicted molar refractivity (Wildman–Crippen MR) is 64.8 cm³/mol. The van der Waals surface area contributed by atoms with Crippen LogP contribution in [0.5, 0.6) is 0 Å². The highest BCUT2D eigenvalue weighted by atomic mass is 19.4. The number of rotatable bonds is 7. The summed E-state index contributed by atoms with van der Waals surface area (Å²) in [4.78, 5) is 4.07. The average molecular weight is 279 g/mol. The van der Waals surface area contributed by atoms with E-state index in [1.54, 1.807) is 0 Å². The van der Waals surface area contributed by atoms with Gasteiger partial charge in [0.2, 0.25) is 5.89 Å². The summed E-state index contributed by atoms with van der Waals surface area (Å²) >= 11 is 0. The van der Waals surface area contributed by atoms with E-state index < -0.39 is 12.6 Å². The Morgan fingerprint density at radius 1 is 1.32 bits per heavy atom. The predicted octanol–water partition coefficient (Wildman–Crippen LogP) is 3.06. The van der Waals surface area contributed by atoms with Crippen molar-refractivity contribution in [1.82, 2.24) is 15.5 Å². The highest BCUT2D eigenvalue weighted by molar-refractivity contribution is 4.98. The van der Waals surface area contributed by atoms with Crippen molar-refractivity contribution in [2.45, 2.75) is 58.2 Å². The van der Waals surface area contributed by atoms with Crippen LogP contribution in [0.1, 0.15) is 51.2 Å². The molecule has 110 valence electrons. The summed E-state index contributed by atoms with van der Waals surface area (Å²) in [5, 5.41) is 6.87. The molecule has 0 aliphatic heterocycles. The van der Waals surface area contributed by atoms with Crippen LogP contribution >= 0.6 is 0 Å². The standard InChI is InChI=1S/C12H20F3N3O/c1-4-9(8(3)16-5-2)11-17-10(18-19-11)6-7-12(13,14)15/h8-9,16H,4-7H2,1-3H3. The Morgan fingerprint density at radius 3 is 2.53 bits per heavy atom. The zero-order chi connectivity index (χ0) is 14.5. The van der Waals surface area contributed by atoms with Crippen LogP contribution in [0.15, 0.2) is 4.52 Å². The molecule has 0 amide bonds. The third kappa shape index (κ3) is 5.18. The summed E-state index contributed by atoms with van der Waals surface area (Å²) in [5.41, 5.74) is 0. The Kier molecular flexibility index (Phi) is 5.78. The van der Waals surface area contributed by atoms with E-state index in [9.17, 15) is 13.2 Å². The van der Waals surface area contributed by atoms with Gasteiger partial charge in [-0.1, -0.05) is 19.0 Å². The smallest absolute Gasteiger partial charge is 0.339 e. The second-order valence-corrected chi connectivity index (χ2v) is 4.53. The lowest BCUT2D eigenvalue weighted by Crippen LogP contribution is -2.31. The van der Waals surface area contributed by atoms with Crippen LogP contribution in [0.4, 0.5) is 13.2 Å². The Hall–Kier alpha value is -1.11. The molecule has 2 unspecified atom stereocenters. The Morgan fingerprint density at radius 2 is 2.00 bits per heavy atom. The van der Waals surface area contributed by atoms with E-state index in [2.05, 4.69) is 15.5 Å². The van der Waals surface area contributed by atoms with Crippen molar-refractivity contribution in [2.75, 3.05) is 6.54 Å². The van der Waals surface area contributed by atoms with Gasteiger partial charge >= 0.3 is 6.18 Å². The first kappa shape index (κ1) is 15.9. The summed E-state index contributed by atoms with van der Waals surface area (Å²) in [6.07, 6.45) is -4.57. The zero-order valence-electron chi connectivity index (χ0n) is 11.4. The first-order valence-electron chi connectivity index (χ1n) is 6.50. The van der Waals surface area contributed by atoms with Crippen molar-refractivity contribution in [3.8, 4) is 0 Å². The molecular weight excluding hydrogens is 259 g/mol. The molecule has 1 aromatic heterocycles. The van der Waals surface area contributed by atoms with Gasteiger partial charge in [0.05, 0.1) is 12.3 Å². The molecule has 19 heavy (non-hydrogen) atoms. The molecule has 0 bridgehead atoms. The number of hydrogen-bond donors (Lipinski definition) is 1. The molecule has 0 aliphatic rings. The third-order valence-electron chi connectivity index (χ3n) is 3.00. The molecule has 7 heteroatoms. The first-order valence-corrected chi connectivity index (χ1v) is 6.50. The number of nitrogens with zero attached hydrogens (tertiary/aromatic N) is 2. The molecule has 0 aromatic carbocycles. The SMILES string of the molecule is CCNC(C)C(CC)c1nc(CCC(F)(F)F)no1. The van der Waals surface area contributed by atoms with Crippen LogP contribution in [0, 0.1) is 0 Å². The summed E-state index contributed by atoms with van der Waals surface area (Å²) in [5.74, 6) is 0.551. The normalized spacial score (nSPS) is 15.5. The van der Waals surface area contributed by atoms with Crippen LogP contribution in [0.25, 0.3) is 0 Å². The van der Waals surface area contributed by atoms with Crippen LogP contribution < -0.4 is 5.32 Å². The van der Waals surface area contributed by atoms with Crippen molar-refractivity contribution >= 4 is 0 Å². The van der Waals surface area contributed by atoms with Gasteiger partial charge in [-0.05, 0) is 19.9 Å². The van der Waals surface area contributed by atoms with Gasteiger partial charge in [-0.25, -0.2) is 0 Å². The monoisotopic (exact) mass is 279 g/mol. The van der Waals surface area contributed by atoms with Gasteiger partial charge < -0.3 is 9.84 Å². The third-order valence-corrected chi connectivity index (χ3v) is 3.00.